The zero-order chi connectivity index (χ0) is 18.1. The Hall–Kier alpha value is -2.63. The molecular weight excluding hydrogens is 338 g/mol. The second-order valence-corrected chi connectivity index (χ2v) is 7.26. The highest BCUT2D eigenvalue weighted by atomic mass is 16.5. The lowest BCUT2D eigenvalue weighted by Gasteiger charge is -2.31. The molecular formula is C22H23N3O2. The number of nitrogens with zero attached hydrogens (tertiary/aromatic N) is 2. The third-order valence-corrected chi connectivity index (χ3v) is 5.44. The van der Waals surface area contributed by atoms with Crippen LogP contribution in [0.5, 0.6) is 0 Å². The molecule has 1 N–H and O–H groups in total. The molecule has 0 saturated carbocycles. The van der Waals surface area contributed by atoms with E-state index >= 15 is 0 Å². The van der Waals surface area contributed by atoms with Crippen LogP contribution in [0.25, 0.3) is 21.9 Å². The van der Waals surface area contributed by atoms with Crippen LogP contribution in [-0.4, -0.2) is 34.1 Å². The van der Waals surface area contributed by atoms with E-state index in [4.69, 9.17) is 9.15 Å². The van der Waals surface area contributed by atoms with E-state index in [-0.39, 0.29) is 0 Å². The van der Waals surface area contributed by atoms with E-state index in [0.717, 1.165) is 49.3 Å². The highest BCUT2D eigenvalue weighted by Gasteiger charge is 2.21. The highest BCUT2D eigenvalue weighted by molar-refractivity contribution is 6.05. The quantitative estimate of drug-likeness (QED) is 0.569. The Morgan fingerprint density at radius 3 is 2.78 bits per heavy atom. The Balaban J connectivity index is 1.25. The Bertz CT molecular complexity index is 1030. The van der Waals surface area contributed by atoms with Crippen LogP contribution in [0.3, 0.4) is 0 Å². The second-order valence-electron chi connectivity index (χ2n) is 7.26. The van der Waals surface area contributed by atoms with Gasteiger partial charge in [-0.2, -0.15) is 0 Å². The first-order valence-corrected chi connectivity index (χ1v) is 9.57. The third kappa shape index (κ3) is 3.36. The lowest BCUT2D eigenvalue weighted by molar-refractivity contribution is -0.00507. The minimum absolute atomic E-state index is 0.326. The molecule has 4 aromatic rings. The molecule has 138 valence electrons. The van der Waals surface area contributed by atoms with E-state index < -0.39 is 0 Å². The number of aromatic amines is 1. The number of nitrogens with one attached hydrogen (secondary N) is 1. The molecule has 5 heteroatoms. The van der Waals surface area contributed by atoms with E-state index in [9.17, 15) is 0 Å². The molecule has 5 nitrogen and oxygen atoms in total. The minimum atomic E-state index is 0.326. The van der Waals surface area contributed by atoms with E-state index in [1.54, 1.807) is 6.33 Å². The summed E-state index contributed by atoms with van der Waals surface area (Å²) < 4.78 is 12.2. The molecule has 5 rings (SSSR count). The number of H-pyrrole nitrogens is 1. The number of piperidine rings is 1. The lowest BCUT2D eigenvalue weighted by Crippen LogP contribution is -2.36. The zero-order valence-corrected chi connectivity index (χ0v) is 15.2. The van der Waals surface area contributed by atoms with Crippen LogP contribution in [0.1, 0.15) is 24.1 Å². The van der Waals surface area contributed by atoms with Gasteiger partial charge in [-0.3, -0.25) is 4.90 Å². The van der Waals surface area contributed by atoms with Gasteiger partial charge < -0.3 is 14.1 Å². The summed E-state index contributed by atoms with van der Waals surface area (Å²) in [6.45, 7) is 3.63. The molecule has 0 amide bonds. The number of ether oxygens (including phenoxy) is 1. The van der Waals surface area contributed by atoms with Gasteiger partial charge in [-0.05, 0) is 18.9 Å². The maximum Gasteiger partial charge on any atom is 0.139 e. The molecule has 27 heavy (non-hydrogen) atoms. The van der Waals surface area contributed by atoms with Crippen molar-refractivity contribution in [2.24, 2.45) is 0 Å². The first kappa shape index (κ1) is 16.5. The molecule has 0 atom stereocenters. The minimum Gasteiger partial charge on any atom is -0.456 e. The highest BCUT2D eigenvalue weighted by Crippen LogP contribution is 2.31. The maximum absolute atomic E-state index is 6.17. The fourth-order valence-electron chi connectivity index (χ4n) is 3.98. The van der Waals surface area contributed by atoms with Crippen molar-refractivity contribution in [2.75, 3.05) is 13.1 Å². The number of hydrogen-bond donors (Lipinski definition) is 1. The summed E-state index contributed by atoms with van der Waals surface area (Å²) in [6, 6.07) is 14.7. The average Bonchev–Trinajstić information content (AvgIpc) is 3.36. The van der Waals surface area contributed by atoms with Crippen molar-refractivity contribution in [3.63, 3.8) is 0 Å². The molecule has 1 saturated heterocycles. The number of para-hydroxylation sites is 2. The van der Waals surface area contributed by atoms with Gasteiger partial charge >= 0.3 is 0 Å². The number of rotatable bonds is 5. The number of furan rings is 1. The second kappa shape index (κ2) is 7.18. The maximum atomic E-state index is 6.17. The largest absolute Gasteiger partial charge is 0.456 e. The van der Waals surface area contributed by atoms with E-state index in [0.29, 0.717) is 12.7 Å². The number of benzene rings is 2. The standard InChI is InChI=1S/C22H23N3O2/c1-2-7-21-19(5-1)20-6-3-4-16(22(20)27-21)13-25-10-8-18(9-11-25)26-14-17-12-23-15-24-17/h1-7,12,15,18H,8-11,13-14H2,(H,23,24). The molecule has 1 aliphatic rings. The molecule has 0 aliphatic carbocycles. The summed E-state index contributed by atoms with van der Waals surface area (Å²) in [7, 11) is 0. The van der Waals surface area contributed by atoms with Gasteiger partial charge in [0.05, 0.1) is 30.9 Å². The predicted molar refractivity (Wildman–Crippen MR) is 105 cm³/mol. The van der Waals surface area contributed by atoms with Crippen LogP contribution >= 0.6 is 0 Å². The van der Waals surface area contributed by atoms with Crippen LogP contribution in [-0.2, 0) is 17.9 Å². The first-order chi connectivity index (χ1) is 13.4. The zero-order valence-electron chi connectivity index (χ0n) is 15.2. The number of aromatic nitrogens is 2. The number of likely N-dealkylation sites (tertiary alicyclic amines) is 1. The van der Waals surface area contributed by atoms with Crippen molar-refractivity contribution < 1.29 is 9.15 Å². The summed E-state index contributed by atoms with van der Waals surface area (Å²) in [5.41, 5.74) is 4.29. The van der Waals surface area contributed by atoms with Gasteiger partial charge in [0.15, 0.2) is 0 Å². The summed E-state index contributed by atoms with van der Waals surface area (Å²) in [6.07, 6.45) is 5.96. The third-order valence-electron chi connectivity index (χ3n) is 5.44. The Morgan fingerprint density at radius 2 is 1.93 bits per heavy atom. The van der Waals surface area contributed by atoms with Gasteiger partial charge in [-0.1, -0.05) is 36.4 Å². The molecule has 2 aromatic carbocycles. The smallest absolute Gasteiger partial charge is 0.139 e. The average molecular weight is 361 g/mol. The topological polar surface area (TPSA) is 54.3 Å². The van der Waals surface area contributed by atoms with Crippen LogP contribution in [0, 0.1) is 0 Å². The van der Waals surface area contributed by atoms with Gasteiger partial charge in [0.2, 0.25) is 0 Å². The summed E-state index contributed by atoms with van der Waals surface area (Å²) in [5, 5.41) is 2.40. The monoisotopic (exact) mass is 361 g/mol. The van der Waals surface area contributed by atoms with E-state index in [1.165, 1.54) is 16.3 Å². The lowest BCUT2D eigenvalue weighted by atomic mass is 10.1. The Labute approximate surface area is 157 Å². The normalized spacial score (nSPS) is 16.4. The van der Waals surface area contributed by atoms with Crippen LogP contribution in [0.15, 0.2) is 59.4 Å². The van der Waals surface area contributed by atoms with Crippen molar-refractivity contribution in [1.82, 2.24) is 14.9 Å². The Kier molecular flexibility index (Phi) is 4.40. The van der Waals surface area contributed by atoms with Crippen molar-refractivity contribution in [3.8, 4) is 0 Å². The van der Waals surface area contributed by atoms with Gasteiger partial charge in [0, 0.05) is 36.0 Å². The molecule has 0 spiro atoms. The number of fused-ring (bicyclic) bond motifs is 3. The van der Waals surface area contributed by atoms with E-state index in [2.05, 4.69) is 45.2 Å². The molecule has 3 heterocycles. The van der Waals surface area contributed by atoms with Gasteiger partial charge in [-0.25, -0.2) is 4.98 Å². The van der Waals surface area contributed by atoms with Crippen molar-refractivity contribution in [2.45, 2.75) is 32.1 Å². The molecule has 1 fully saturated rings. The van der Waals surface area contributed by atoms with Crippen LogP contribution < -0.4 is 0 Å². The van der Waals surface area contributed by atoms with Gasteiger partial charge in [0.25, 0.3) is 0 Å². The van der Waals surface area contributed by atoms with Crippen molar-refractivity contribution in [3.05, 3.63) is 66.2 Å². The van der Waals surface area contributed by atoms with Crippen LogP contribution in [0.4, 0.5) is 0 Å². The summed E-state index contributed by atoms with van der Waals surface area (Å²) in [4.78, 5) is 9.62. The fraction of sp³-hybridized carbons (Fsp3) is 0.318. The molecule has 1 aliphatic heterocycles. The van der Waals surface area contributed by atoms with E-state index in [1.807, 2.05) is 18.3 Å². The predicted octanol–water partition coefficient (Wildman–Crippen LogP) is 4.49. The summed E-state index contributed by atoms with van der Waals surface area (Å²) in [5.74, 6) is 0. The number of hydrogen-bond acceptors (Lipinski definition) is 4. The molecule has 2 aromatic heterocycles. The van der Waals surface area contributed by atoms with Crippen molar-refractivity contribution in [1.29, 1.82) is 0 Å². The molecule has 0 unspecified atom stereocenters. The fourth-order valence-corrected chi connectivity index (χ4v) is 3.98. The molecule has 0 bridgehead atoms. The molecule has 0 radical (unpaired) electrons. The first-order valence-electron chi connectivity index (χ1n) is 9.57. The summed E-state index contributed by atoms with van der Waals surface area (Å²) >= 11 is 0. The van der Waals surface area contributed by atoms with Crippen LogP contribution in [0.2, 0.25) is 0 Å². The Morgan fingerprint density at radius 1 is 1.07 bits per heavy atom. The van der Waals surface area contributed by atoms with Crippen molar-refractivity contribution >= 4 is 21.9 Å². The SMILES string of the molecule is c1ccc2c(c1)oc1c(CN3CCC(OCc4cnc[nH]4)CC3)cccc12. The number of imidazole rings is 1. The van der Waals surface area contributed by atoms with Gasteiger partial charge in [0.1, 0.15) is 11.2 Å². The van der Waals surface area contributed by atoms with Gasteiger partial charge in [-0.15, -0.1) is 0 Å².